The van der Waals surface area contributed by atoms with Crippen LogP contribution < -0.4 is 0 Å². The first-order valence-corrected chi connectivity index (χ1v) is 20.4. The van der Waals surface area contributed by atoms with Crippen molar-refractivity contribution in [3.8, 4) is 11.4 Å². The van der Waals surface area contributed by atoms with E-state index in [1.165, 1.54) is 65.6 Å². The third-order valence-electron chi connectivity index (χ3n) is 7.92. The van der Waals surface area contributed by atoms with Crippen molar-refractivity contribution in [3.05, 3.63) is 158 Å². The number of hydrogen-bond donors (Lipinski definition) is 0. The summed E-state index contributed by atoms with van der Waals surface area (Å²) in [7, 11) is 9.87. The van der Waals surface area contributed by atoms with Gasteiger partial charge < -0.3 is 9.13 Å². The van der Waals surface area contributed by atoms with E-state index >= 15 is 0 Å². The molecule has 2 heterocycles. The standard InChI is InChI=1S/C21H14N.C17H12N.2ClH.Zr/c1-2-8-16-14-17(13-15(16)7-1)22-20-11-5-3-9-18(20)19-10-4-6-12-21(19)22;1-2-7-15-12-16(11-14(15)6-1)18-10-9-13-5-3-4-8-17(13)18;;;/h1-14H;1-12H;2*1H;/q2*-1;;;+4/p-2. The topological polar surface area (TPSA) is 9.86 Å². The van der Waals surface area contributed by atoms with Crippen molar-refractivity contribution in [3.63, 3.8) is 0 Å². The zero-order chi connectivity index (χ0) is 29.2. The number of halogens is 2. The van der Waals surface area contributed by atoms with E-state index < -0.39 is 20.8 Å². The Balaban J connectivity index is 0.000000130. The van der Waals surface area contributed by atoms with E-state index in [0.29, 0.717) is 0 Å². The van der Waals surface area contributed by atoms with E-state index in [1.807, 2.05) is 0 Å². The van der Waals surface area contributed by atoms with Crippen LogP contribution in [0.4, 0.5) is 0 Å². The van der Waals surface area contributed by atoms with E-state index in [0.717, 1.165) is 0 Å². The van der Waals surface area contributed by atoms with Gasteiger partial charge in [-0.3, -0.25) is 0 Å². The zero-order valence-electron chi connectivity index (χ0n) is 23.2. The summed E-state index contributed by atoms with van der Waals surface area (Å²) in [5, 5.41) is 9.07. The van der Waals surface area contributed by atoms with Gasteiger partial charge in [0.05, 0.1) is 16.6 Å². The number of rotatable bonds is 2. The largest absolute Gasteiger partial charge is 0.335 e. The molecule has 0 aliphatic heterocycles. The van der Waals surface area contributed by atoms with E-state index in [9.17, 15) is 0 Å². The van der Waals surface area contributed by atoms with Gasteiger partial charge >= 0.3 is 37.9 Å². The van der Waals surface area contributed by atoms with E-state index in [-0.39, 0.29) is 0 Å². The molecule has 0 N–H and O–H groups in total. The maximum atomic E-state index is 4.93. The molecule has 5 heteroatoms. The van der Waals surface area contributed by atoms with Crippen LogP contribution in [0.3, 0.4) is 0 Å². The molecule has 2 nitrogen and oxygen atoms in total. The van der Waals surface area contributed by atoms with Crippen LogP contribution in [0.5, 0.6) is 0 Å². The van der Waals surface area contributed by atoms with Gasteiger partial charge in [-0.15, -0.1) is 82.2 Å². The van der Waals surface area contributed by atoms with Crippen molar-refractivity contribution in [2.24, 2.45) is 0 Å². The molecule has 0 aliphatic carbocycles. The summed E-state index contributed by atoms with van der Waals surface area (Å²) in [6.07, 6.45) is 2.14. The summed E-state index contributed by atoms with van der Waals surface area (Å²) in [4.78, 5) is 0. The van der Waals surface area contributed by atoms with Crippen LogP contribution in [0.1, 0.15) is 0 Å². The van der Waals surface area contributed by atoms with Crippen molar-refractivity contribution in [1.29, 1.82) is 0 Å². The molecule has 0 aliphatic rings. The average molecular weight is 673 g/mol. The fourth-order valence-electron chi connectivity index (χ4n) is 6.05. The summed E-state index contributed by atoms with van der Waals surface area (Å²) in [6.45, 7) is 0. The first kappa shape index (κ1) is 27.9. The van der Waals surface area contributed by atoms with Crippen molar-refractivity contribution < 1.29 is 20.8 Å². The second kappa shape index (κ2) is 12.4. The Labute approximate surface area is 268 Å². The van der Waals surface area contributed by atoms with Crippen molar-refractivity contribution >= 4 is 71.3 Å². The number of hydrogen-bond acceptors (Lipinski definition) is 0. The fourth-order valence-corrected chi connectivity index (χ4v) is 6.05. The second-order valence-corrected chi connectivity index (χ2v) is 14.1. The zero-order valence-corrected chi connectivity index (χ0v) is 27.1. The third kappa shape index (κ3) is 5.38. The minimum Gasteiger partial charge on any atom is -0.335 e. The molecule has 7 aromatic carbocycles. The Morgan fingerprint density at radius 2 is 0.907 bits per heavy atom. The van der Waals surface area contributed by atoms with Crippen molar-refractivity contribution in [2.75, 3.05) is 0 Å². The van der Waals surface area contributed by atoms with Crippen LogP contribution in [0.2, 0.25) is 0 Å². The van der Waals surface area contributed by atoms with Crippen molar-refractivity contribution in [2.45, 2.75) is 0 Å². The van der Waals surface area contributed by atoms with Gasteiger partial charge in [-0.2, -0.15) is 0 Å². The molecule has 0 saturated carbocycles. The summed E-state index contributed by atoms with van der Waals surface area (Å²) < 4.78 is 4.61. The minimum atomic E-state index is -0.826. The first-order chi connectivity index (χ1) is 21.2. The molecule has 0 saturated heterocycles. The Bertz CT molecular complexity index is 2200. The van der Waals surface area contributed by atoms with E-state index in [2.05, 4.69) is 167 Å². The molecule has 0 amide bonds. The van der Waals surface area contributed by atoms with Crippen LogP contribution in [-0.4, -0.2) is 9.13 Å². The summed E-state index contributed by atoms with van der Waals surface area (Å²) in [6, 6.07) is 53.9. The molecule has 2 aromatic heterocycles. The summed E-state index contributed by atoms with van der Waals surface area (Å²) in [5.41, 5.74) is 6.25. The van der Waals surface area contributed by atoms with Gasteiger partial charge in [0.1, 0.15) is 0 Å². The number of benzene rings is 5. The maximum Gasteiger partial charge on any atom is 0.0523 e. The molecular weight excluding hydrogens is 647 g/mol. The third-order valence-corrected chi connectivity index (χ3v) is 7.92. The molecular formula is C38H26Cl2N2Zr. The van der Waals surface area contributed by atoms with Gasteiger partial charge in [-0.25, -0.2) is 0 Å². The Hall–Kier alpha value is -3.88. The van der Waals surface area contributed by atoms with E-state index in [4.69, 9.17) is 17.0 Å². The van der Waals surface area contributed by atoms with Gasteiger partial charge in [0.25, 0.3) is 0 Å². The first-order valence-electron chi connectivity index (χ1n) is 14.1. The maximum absolute atomic E-state index is 4.93. The SMILES string of the molecule is [Cl][Zr+2][Cl].c1ccc2[cH-]c(-n3c4ccccc4c4ccccc43)cc2c1.c1ccc2[cH-]c(-n3ccc4ccccc43)cc2c1. The van der Waals surface area contributed by atoms with Crippen LogP contribution in [0.25, 0.3) is 65.6 Å². The summed E-state index contributed by atoms with van der Waals surface area (Å²) >= 11 is -0.826. The van der Waals surface area contributed by atoms with Crippen LogP contribution in [0.15, 0.2) is 158 Å². The molecule has 43 heavy (non-hydrogen) atoms. The predicted octanol–water partition coefficient (Wildman–Crippen LogP) is 11.5. The quantitative estimate of drug-likeness (QED) is 0.162. The Morgan fingerprint density at radius 1 is 0.465 bits per heavy atom. The van der Waals surface area contributed by atoms with Crippen LogP contribution >= 0.6 is 17.0 Å². The molecule has 9 rings (SSSR count). The number of nitrogens with zero attached hydrogens (tertiary/aromatic N) is 2. The molecule has 0 fully saturated rings. The van der Waals surface area contributed by atoms with Crippen molar-refractivity contribution in [1.82, 2.24) is 9.13 Å². The number of aromatic nitrogens is 2. The molecule has 0 atom stereocenters. The Morgan fingerprint density at radius 3 is 1.49 bits per heavy atom. The predicted molar refractivity (Wildman–Crippen MR) is 182 cm³/mol. The molecule has 0 unspecified atom stereocenters. The normalized spacial score (nSPS) is 10.9. The average Bonchev–Trinajstić information content (AvgIpc) is 3.83. The fraction of sp³-hybridized carbons (Fsp3) is 0. The number of fused-ring (bicyclic) bond motifs is 6. The minimum absolute atomic E-state index is 0.826. The van der Waals surface area contributed by atoms with Gasteiger partial charge in [-0.1, -0.05) is 66.7 Å². The molecule has 0 radical (unpaired) electrons. The van der Waals surface area contributed by atoms with Crippen LogP contribution in [0, 0.1) is 0 Å². The second-order valence-electron chi connectivity index (χ2n) is 10.4. The smallest absolute Gasteiger partial charge is 0.0523 e. The molecule has 206 valence electrons. The van der Waals surface area contributed by atoms with E-state index in [1.54, 1.807) is 0 Å². The van der Waals surface area contributed by atoms with Gasteiger partial charge in [0.2, 0.25) is 0 Å². The molecule has 0 spiro atoms. The van der Waals surface area contributed by atoms with Gasteiger partial charge in [-0.05, 0) is 41.0 Å². The van der Waals surface area contributed by atoms with Gasteiger partial charge in [0.15, 0.2) is 0 Å². The monoisotopic (exact) mass is 670 g/mol. The Kier molecular flexibility index (Phi) is 8.05. The number of para-hydroxylation sites is 3. The van der Waals surface area contributed by atoms with Gasteiger partial charge in [0, 0.05) is 17.0 Å². The van der Waals surface area contributed by atoms with Crippen LogP contribution in [-0.2, 0) is 20.8 Å². The molecule has 9 aromatic rings. The molecule has 0 bridgehead atoms. The summed E-state index contributed by atoms with van der Waals surface area (Å²) in [5.74, 6) is 0.